The molecule has 4 aromatic carbocycles. The first-order chi connectivity index (χ1) is 28.2. The lowest BCUT2D eigenvalue weighted by atomic mass is 10.0. The predicted molar refractivity (Wildman–Crippen MR) is 222 cm³/mol. The van der Waals surface area contributed by atoms with Crippen molar-refractivity contribution in [2.75, 3.05) is 63.0 Å². The maximum atomic E-state index is 14.7. The zero-order valence-corrected chi connectivity index (χ0v) is 34.2. The minimum absolute atomic E-state index is 0.0279. The molecule has 0 aliphatic carbocycles. The summed E-state index contributed by atoms with van der Waals surface area (Å²) in [7, 11) is -3.30. The Kier molecular flexibility index (Phi) is 13.9. The van der Waals surface area contributed by atoms with Crippen LogP contribution in [0.3, 0.4) is 0 Å². The summed E-state index contributed by atoms with van der Waals surface area (Å²) in [5, 5.41) is 0. The van der Waals surface area contributed by atoms with E-state index in [0.717, 1.165) is 34.5 Å². The van der Waals surface area contributed by atoms with Crippen LogP contribution in [-0.4, -0.2) is 110 Å². The Balaban J connectivity index is 1.23. The molecule has 1 atom stereocenters. The molecule has 0 saturated carbocycles. The van der Waals surface area contributed by atoms with Gasteiger partial charge < -0.3 is 19.6 Å². The molecular formula is C45H50F3N5O5S. The van der Waals surface area contributed by atoms with Gasteiger partial charge in [0, 0.05) is 90.6 Å². The summed E-state index contributed by atoms with van der Waals surface area (Å²) < 4.78 is 64.3. The number of hydrogen-bond acceptors (Lipinski definition) is 7. The molecule has 0 spiro atoms. The van der Waals surface area contributed by atoms with Crippen LogP contribution in [0, 0.1) is 0 Å². The van der Waals surface area contributed by atoms with Crippen LogP contribution < -0.4 is 4.90 Å². The number of carbonyl (C=O) groups excluding carboxylic acids is 3. The lowest BCUT2D eigenvalue weighted by Crippen LogP contribution is -2.56. The van der Waals surface area contributed by atoms with E-state index in [1.807, 2.05) is 71.6 Å². The lowest BCUT2D eigenvalue weighted by molar-refractivity contribution is -0.145. The van der Waals surface area contributed by atoms with Gasteiger partial charge in [0.25, 0.3) is 0 Å². The standard InChI is InChI=1S/C45H50F3N5O5S/c1-3-59(57,58)41-20-13-37(14-21-41)32-49-23-25-52(26-24-49)44(56)42(31-36-7-5-4-6-8-36)53(43(55)22-15-35-9-16-39(17-10-35)45(46,47)48)33-38-11-18-40(19-12-38)51-29-27-50(28-30-51)34(2)54/h4-22,42H,3,23-33H2,1-2H3. The van der Waals surface area contributed by atoms with E-state index in [1.165, 1.54) is 24.3 Å². The van der Waals surface area contributed by atoms with Crippen molar-refractivity contribution in [2.24, 2.45) is 0 Å². The van der Waals surface area contributed by atoms with Gasteiger partial charge in [0.2, 0.25) is 17.7 Å². The largest absolute Gasteiger partial charge is 0.416 e. The average molecular weight is 830 g/mol. The fourth-order valence-corrected chi connectivity index (χ4v) is 8.29. The molecule has 312 valence electrons. The Morgan fingerprint density at radius 3 is 1.90 bits per heavy atom. The number of hydrogen-bond donors (Lipinski definition) is 0. The summed E-state index contributed by atoms with van der Waals surface area (Å²) >= 11 is 0. The third kappa shape index (κ3) is 11.4. The van der Waals surface area contributed by atoms with Crippen molar-refractivity contribution >= 4 is 39.3 Å². The van der Waals surface area contributed by atoms with Gasteiger partial charge in [0.05, 0.1) is 16.2 Å². The third-order valence-electron chi connectivity index (χ3n) is 11.0. The van der Waals surface area contributed by atoms with Crippen molar-refractivity contribution in [3.8, 4) is 0 Å². The molecule has 14 heteroatoms. The predicted octanol–water partition coefficient (Wildman–Crippen LogP) is 6.17. The molecule has 10 nitrogen and oxygen atoms in total. The summed E-state index contributed by atoms with van der Waals surface area (Å²) in [6.07, 6.45) is -1.47. The first kappa shape index (κ1) is 43.1. The van der Waals surface area contributed by atoms with Gasteiger partial charge in [-0.15, -0.1) is 0 Å². The number of amides is 3. The van der Waals surface area contributed by atoms with Gasteiger partial charge in [-0.3, -0.25) is 19.3 Å². The molecule has 2 fully saturated rings. The van der Waals surface area contributed by atoms with Crippen molar-refractivity contribution in [1.29, 1.82) is 0 Å². The third-order valence-corrected chi connectivity index (χ3v) is 12.8. The number of halogens is 3. The van der Waals surface area contributed by atoms with Crippen LogP contribution in [0.25, 0.3) is 6.08 Å². The number of nitrogens with zero attached hydrogens (tertiary/aromatic N) is 5. The van der Waals surface area contributed by atoms with Crippen molar-refractivity contribution < 1.29 is 36.0 Å². The molecule has 4 aromatic rings. The highest BCUT2D eigenvalue weighted by molar-refractivity contribution is 7.91. The normalized spacial score (nSPS) is 16.0. The molecule has 3 amide bonds. The van der Waals surface area contributed by atoms with Crippen molar-refractivity contribution in [1.82, 2.24) is 19.6 Å². The van der Waals surface area contributed by atoms with Gasteiger partial charge in [-0.05, 0) is 64.7 Å². The molecule has 2 aliphatic heterocycles. The highest BCUT2D eigenvalue weighted by Crippen LogP contribution is 2.29. The number of piperazine rings is 2. The summed E-state index contributed by atoms with van der Waals surface area (Å²) in [6, 6.07) is 27.8. The first-order valence-electron chi connectivity index (χ1n) is 19.8. The Hall–Kier alpha value is -5.47. The second-order valence-corrected chi connectivity index (χ2v) is 17.2. The highest BCUT2D eigenvalue weighted by Gasteiger charge is 2.34. The molecule has 1 unspecified atom stereocenters. The lowest BCUT2D eigenvalue weighted by Gasteiger charge is -2.39. The zero-order chi connectivity index (χ0) is 42.2. The number of sulfone groups is 1. The number of carbonyl (C=O) groups is 3. The monoisotopic (exact) mass is 829 g/mol. The van der Waals surface area contributed by atoms with E-state index in [4.69, 9.17) is 0 Å². The fourth-order valence-electron chi connectivity index (χ4n) is 7.41. The van der Waals surface area contributed by atoms with Crippen LogP contribution in [0.15, 0.2) is 114 Å². The maximum absolute atomic E-state index is 14.7. The van der Waals surface area contributed by atoms with E-state index in [9.17, 15) is 36.0 Å². The maximum Gasteiger partial charge on any atom is 0.416 e. The SMILES string of the molecule is CCS(=O)(=O)c1ccc(CN2CCN(C(=O)C(Cc3ccccc3)N(Cc3ccc(N4CCN(C(C)=O)CC4)cc3)C(=O)C=Cc3ccc(C(F)(F)F)cc3)CC2)cc1. The summed E-state index contributed by atoms with van der Waals surface area (Å²) in [5.41, 5.74) is 3.21. The van der Waals surface area contributed by atoms with E-state index < -0.39 is 33.5 Å². The minimum atomic E-state index is -4.49. The second-order valence-electron chi connectivity index (χ2n) is 14.9. The van der Waals surface area contributed by atoms with Crippen LogP contribution in [-0.2, 0) is 49.9 Å². The number of anilines is 1. The smallest absolute Gasteiger partial charge is 0.368 e. The van der Waals surface area contributed by atoms with Crippen LogP contribution in [0.2, 0.25) is 0 Å². The van der Waals surface area contributed by atoms with Gasteiger partial charge in [0.15, 0.2) is 9.84 Å². The Bertz CT molecular complexity index is 2180. The fraction of sp³-hybridized carbons (Fsp3) is 0.356. The van der Waals surface area contributed by atoms with E-state index in [-0.39, 0.29) is 35.4 Å². The zero-order valence-electron chi connectivity index (χ0n) is 33.4. The Labute approximate surface area is 344 Å². The van der Waals surface area contributed by atoms with Gasteiger partial charge in [-0.1, -0.05) is 73.7 Å². The van der Waals surface area contributed by atoms with Crippen molar-refractivity contribution in [2.45, 2.75) is 50.5 Å². The summed E-state index contributed by atoms with van der Waals surface area (Å²) in [4.78, 5) is 50.7. The van der Waals surface area contributed by atoms with Crippen molar-refractivity contribution in [3.05, 3.63) is 137 Å². The number of alkyl halides is 3. The van der Waals surface area contributed by atoms with E-state index in [0.29, 0.717) is 64.5 Å². The van der Waals surface area contributed by atoms with Crippen LogP contribution in [0.4, 0.5) is 18.9 Å². The molecule has 0 aromatic heterocycles. The van der Waals surface area contributed by atoms with E-state index in [2.05, 4.69) is 9.80 Å². The van der Waals surface area contributed by atoms with Gasteiger partial charge in [-0.2, -0.15) is 13.2 Å². The molecule has 2 aliphatic rings. The topological polar surface area (TPSA) is 102 Å². The Morgan fingerprint density at radius 1 is 0.729 bits per heavy atom. The van der Waals surface area contributed by atoms with E-state index >= 15 is 0 Å². The highest BCUT2D eigenvalue weighted by atomic mass is 32.2. The van der Waals surface area contributed by atoms with Gasteiger partial charge in [-0.25, -0.2) is 8.42 Å². The van der Waals surface area contributed by atoms with Crippen LogP contribution in [0.5, 0.6) is 0 Å². The quantitative estimate of drug-likeness (QED) is 0.149. The molecule has 0 bridgehead atoms. The average Bonchev–Trinajstić information content (AvgIpc) is 3.24. The molecule has 2 heterocycles. The summed E-state index contributed by atoms with van der Waals surface area (Å²) in [5.74, 6) is -0.595. The van der Waals surface area contributed by atoms with Crippen molar-refractivity contribution in [3.63, 3.8) is 0 Å². The molecule has 59 heavy (non-hydrogen) atoms. The number of rotatable bonds is 13. The molecular weight excluding hydrogens is 780 g/mol. The molecule has 0 radical (unpaired) electrons. The van der Waals surface area contributed by atoms with Gasteiger partial charge in [0.1, 0.15) is 6.04 Å². The molecule has 0 N–H and O–H groups in total. The van der Waals surface area contributed by atoms with Crippen LogP contribution in [0.1, 0.15) is 41.7 Å². The first-order valence-corrected chi connectivity index (χ1v) is 21.5. The second kappa shape index (κ2) is 19.1. The summed E-state index contributed by atoms with van der Waals surface area (Å²) in [6.45, 7) is 8.48. The van der Waals surface area contributed by atoms with Gasteiger partial charge >= 0.3 is 6.18 Å². The minimum Gasteiger partial charge on any atom is -0.368 e. The molecule has 6 rings (SSSR count). The number of benzene rings is 4. The Morgan fingerprint density at radius 2 is 1.32 bits per heavy atom. The molecule has 2 saturated heterocycles. The van der Waals surface area contributed by atoms with E-state index in [1.54, 1.807) is 35.8 Å². The van der Waals surface area contributed by atoms with Crippen LogP contribution >= 0.6 is 0 Å².